The molecule has 0 radical (unpaired) electrons. The molecule has 0 unspecified atom stereocenters. The highest BCUT2D eigenvalue weighted by Crippen LogP contribution is 2.03. The molecule has 1 amide bonds. The Kier molecular flexibility index (Phi) is 28.2. The lowest BCUT2D eigenvalue weighted by Gasteiger charge is -2.09. The van der Waals surface area contributed by atoms with Crippen molar-refractivity contribution in [2.45, 2.75) is 39.0 Å². The summed E-state index contributed by atoms with van der Waals surface area (Å²) in [5.74, 6) is -1.69. The number of aliphatic carboxylic acids is 1. The number of carboxylic acids is 1. The highest BCUT2D eigenvalue weighted by molar-refractivity contribution is 5.77. The van der Waals surface area contributed by atoms with E-state index in [4.69, 9.17) is 38.3 Å². The molecule has 0 fully saturated rings. The molecule has 38 heavy (non-hydrogen) atoms. The highest BCUT2D eigenvalue weighted by Gasteiger charge is 2.03. The number of carboxylic acid groups (broad SMARTS) is 1. The van der Waals surface area contributed by atoms with Gasteiger partial charge in [-0.15, -0.1) is 0 Å². The molecule has 0 aliphatic heterocycles. The van der Waals surface area contributed by atoms with Crippen LogP contribution in [0.2, 0.25) is 0 Å². The number of amides is 1. The summed E-state index contributed by atoms with van der Waals surface area (Å²) >= 11 is 0. The number of rotatable bonds is 30. The van der Waals surface area contributed by atoms with Crippen LogP contribution in [0.25, 0.3) is 0 Å². The van der Waals surface area contributed by atoms with Crippen molar-refractivity contribution >= 4 is 17.8 Å². The molecule has 0 aromatic heterocycles. The van der Waals surface area contributed by atoms with E-state index in [2.05, 4.69) is 17.0 Å². The summed E-state index contributed by atoms with van der Waals surface area (Å²) in [6, 6.07) is 0. The van der Waals surface area contributed by atoms with Gasteiger partial charge in [0.15, 0.2) is 0 Å². The average Bonchev–Trinajstić information content (AvgIpc) is 2.89. The zero-order valence-electron chi connectivity index (χ0n) is 22.8. The maximum absolute atomic E-state index is 11.5. The Balaban J connectivity index is 3.15. The number of hydrogen-bond acceptors (Lipinski definition) is 11. The largest absolute Gasteiger partial charge is 0.480 e. The van der Waals surface area contributed by atoms with E-state index < -0.39 is 18.5 Å². The Bertz CT molecular complexity index is 564. The molecule has 0 bridgehead atoms. The van der Waals surface area contributed by atoms with Gasteiger partial charge in [-0.2, -0.15) is 0 Å². The standard InChI is InChI=1S/C25H47NO12/c1-2-3-4-5-6-25(30)38-20-19-36-18-17-35-16-15-34-14-13-33-12-11-32-10-9-31-8-7-26-23(27)21-37-22-24(28)29/h2-22H2,1H3,(H,26,27)(H,28,29). The molecule has 0 atom stereocenters. The van der Waals surface area contributed by atoms with Crippen molar-refractivity contribution in [1.82, 2.24) is 5.32 Å². The number of carbonyl (C=O) groups excluding carboxylic acids is 2. The van der Waals surface area contributed by atoms with E-state index in [1.165, 1.54) is 0 Å². The number of carbonyl (C=O) groups is 3. The molecule has 2 N–H and O–H groups in total. The van der Waals surface area contributed by atoms with Crippen molar-refractivity contribution < 1.29 is 57.4 Å². The third kappa shape index (κ3) is 30.4. The second-order valence-electron chi connectivity index (χ2n) is 7.94. The zero-order chi connectivity index (χ0) is 27.9. The van der Waals surface area contributed by atoms with E-state index in [0.29, 0.717) is 92.2 Å². The fraction of sp³-hybridized carbons (Fsp3) is 0.880. The Morgan fingerprint density at radius 2 is 1.05 bits per heavy atom. The van der Waals surface area contributed by atoms with Gasteiger partial charge in [0, 0.05) is 13.0 Å². The van der Waals surface area contributed by atoms with Crippen LogP contribution in [0.3, 0.4) is 0 Å². The van der Waals surface area contributed by atoms with Crippen LogP contribution >= 0.6 is 0 Å². The van der Waals surface area contributed by atoms with E-state index in [1.54, 1.807) is 0 Å². The lowest BCUT2D eigenvalue weighted by atomic mass is 10.2. The van der Waals surface area contributed by atoms with E-state index >= 15 is 0 Å². The van der Waals surface area contributed by atoms with Gasteiger partial charge in [-0.3, -0.25) is 9.59 Å². The molecule has 0 heterocycles. The van der Waals surface area contributed by atoms with Crippen LogP contribution in [0.4, 0.5) is 0 Å². The topological polar surface area (TPSA) is 157 Å². The maximum atomic E-state index is 11.5. The van der Waals surface area contributed by atoms with Gasteiger partial charge < -0.3 is 48.3 Å². The summed E-state index contributed by atoms with van der Waals surface area (Å²) in [4.78, 5) is 33.1. The van der Waals surface area contributed by atoms with Crippen LogP contribution in [0.5, 0.6) is 0 Å². The normalized spacial score (nSPS) is 11.0. The van der Waals surface area contributed by atoms with Gasteiger partial charge in [-0.05, 0) is 6.42 Å². The Labute approximate surface area is 225 Å². The number of hydrogen-bond donors (Lipinski definition) is 2. The molecular weight excluding hydrogens is 506 g/mol. The molecule has 0 aliphatic rings. The summed E-state index contributed by atoms with van der Waals surface area (Å²) < 4.78 is 42.0. The molecule has 0 aromatic rings. The molecule has 224 valence electrons. The van der Waals surface area contributed by atoms with Gasteiger partial charge in [0.2, 0.25) is 5.91 Å². The van der Waals surface area contributed by atoms with Gasteiger partial charge in [0.1, 0.15) is 19.8 Å². The quantitative estimate of drug-likeness (QED) is 0.0954. The minimum atomic E-state index is -1.12. The van der Waals surface area contributed by atoms with Crippen molar-refractivity contribution in [1.29, 1.82) is 0 Å². The highest BCUT2D eigenvalue weighted by atomic mass is 16.6. The van der Waals surface area contributed by atoms with Crippen LogP contribution in [0, 0.1) is 0 Å². The van der Waals surface area contributed by atoms with Crippen molar-refractivity contribution in [2.75, 3.05) is 106 Å². The molecule has 0 spiro atoms. The van der Waals surface area contributed by atoms with Gasteiger partial charge in [0.25, 0.3) is 0 Å². The number of unbranched alkanes of at least 4 members (excludes halogenated alkanes) is 3. The molecular formula is C25H47NO12. The lowest BCUT2D eigenvalue weighted by Crippen LogP contribution is -2.31. The molecule has 13 heteroatoms. The molecule has 13 nitrogen and oxygen atoms in total. The Morgan fingerprint density at radius 1 is 0.579 bits per heavy atom. The van der Waals surface area contributed by atoms with Crippen LogP contribution in [-0.4, -0.2) is 129 Å². The fourth-order valence-electron chi connectivity index (χ4n) is 2.73. The first-order valence-electron chi connectivity index (χ1n) is 13.2. The first kappa shape index (κ1) is 36.1. The van der Waals surface area contributed by atoms with Gasteiger partial charge in [0.05, 0.1) is 79.3 Å². The van der Waals surface area contributed by atoms with Gasteiger partial charge in [-0.1, -0.05) is 26.2 Å². The van der Waals surface area contributed by atoms with Gasteiger partial charge >= 0.3 is 11.9 Å². The van der Waals surface area contributed by atoms with Crippen molar-refractivity contribution in [2.24, 2.45) is 0 Å². The molecule has 0 aromatic carbocycles. The number of nitrogens with one attached hydrogen (secondary N) is 1. The van der Waals surface area contributed by atoms with Crippen LogP contribution in [-0.2, 0) is 52.3 Å². The monoisotopic (exact) mass is 553 g/mol. The summed E-state index contributed by atoms with van der Waals surface area (Å²) in [7, 11) is 0. The smallest absolute Gasteiger partial charge is 0.329 e. The number of ether oxygens (including phenoxy) is 8. The van der Waals surface area contributed by atoms with Crippen LogP contribution in [0.1, 0.15) is 39.0 Å². The Morgan fingerprint density at radius 3 is 1.53 bits per heavy atom. The first-order valence-corrected chi connectivity index (χ1v) is 13.2. The second-order valence-corrected chi connectivity index (χ2v) is 7.94. The predicted molar refractivity (Wildman–Crippen MR) is 136 cm³/mol. The average molecular weight is 554 g/mol. The van der Waals surface area contributed by atoms with Crippen molar-refractivity contribution in [3.05, 3.63) is 0 Å². The lowest BCUT2D eigenvalue weighted by molar-refractivity contribution is -0.146. The van der Waals surface area contributed by atoms with Crippen molar-refractivity contribution in [3.8, 4) is 0 Å². The second kappa shape index (κ2) is 29.7. The summed E-state index contributed by atoms with van der Waals surface area (Å²) in [5, 5.41) is 10.9. The number of esters is 1. The van der Waals surface area contributed by atoms with Crippen molar-refractivity contribution in [3.63, 3.8) is 0 Å². The zero-order valence-corrected chi connectivity index (χ0v) is 22.8. The Hall–Kier alpha value is -1.87. The molecule has 0 aliphatic carbocycles. The summed E-state index contributed by atoms with van der Waals surface area (Å²) in [6.07, 6.45) is 4.71. The van der Waals surface area contributed by atoms with E-state index in [1.807, 2.05) is 0 Å². The summed E-state index contributed by atoms with van der Waals surface area (Å²) in [5.41, 5.74) is 0. The van der Waals surface area contributed by atoms with Crippen LogP contribution in [0.15, 0.2) is 0 Å². The SMILES string of the molecule is CCCCCCC(=O)OCCOCCOCCOCCOCCOCCOCCNC(=O)COCC(=O)O. The minimum Gasteiger partial charge on any atom is -0.480 e. The first-order chi connectivity index (χ1) is 18.6. The van der Waals surface area contributed by atoms with E-state index in [-0.39, 0.29) is 19.2 Å². The fourth-order valence-corrected chi connectivity index (χ4v) is 2.73. The molecule has 0 saturated heterocycles. The third-order valence-electron chi connectivity index (χ3n) is 4.61. The van der Waals surface area contributed by atoms with Gasteiger partial charge in [-0.25, -0.2) is 4.79 Å². The van der Waals surface area contributed by atoms with Crippen LogP contribution < -0.4 is 5.32 Å². The molecule has 0 rings (SSSR count). The maximum Gasteiger partial charge on any atom is 0.329 e. The van der Waals surface area contributed by atoms with E-state index in [9.17, 15) is 14.4 Å². The third-order valence-corrected chi connectivity index (χ3v) is 4.61. The van der Waals surface area contributed by atoms with E-state index in [0.717, 1.165) is 25.7 Å². The predicted octanol–water partition coefficient (Wildman–Crippen LogP) is 0.817. The molecule has 0 saturated carbocycles. The summed E-state index contributed by atoms with van der Waals surface area (Å²) in [6.45, 7) is 6.95. The minimum absolute atomic E-state index is 0.165.